The van der Waals surface area contributed by atoms with Crippen LogP contribution in [0.25, 0.3) is 0 Å². The van der Waals surface area contributed by atoms with E-state index in [1.807, 2.05) is 0 Å². The highest BCUT2D eigenvalue weighted by molar-refractivity contribution is 7.80. The molecular formula is C17H16ClN3O3S. The molecule has 0 spiro atoms. The third-order valence-corrected chi connectivity index (χ3v) is 3.58. The van der Waals surface area contributed by atoms with Gasteiger partial charge in [-0.05, 0) is 42.0 Å². The SMILES string of the molecule is COc1cccc(OC)c1C(=O)NC(=S)NN=Cc1ccc(Cl)cc1. The number of methoxy groups -OCH3 is 2. The zero-order valence-electron chi connectivity index (χ0n) is 13.6. The average molecular weight is 378 g/mol. The van der Waals surface area contributed by atoms with Gasteiger partial charge in [0.25, 0.3) is 5.91 Å². The van der Waals surface area contributed by atoms with Crippen LogP contribution < -0.4 is 20.2 Å². The first-order valence-electron chi connectivity index (χ1n) is 7.16. The molecule has 0 aliphatic heterocycles. The summed E-state index contributed by atoms with van der Waals surface area (Å²) in [5, 5.41) is 7.18. The van der Waals surface area contributed by atoms with E-state index >= 15 is 0 Å². The molecule has 6 nitrogen and oxygen atoms in total. The normalized spacial score (nSPS) is 10.4. The molecule has 2 N–H and O–H groups in total. The number of ether oxygens (including phenoxy) is 2. The van der Waals surface area contributed by atoms with Gasteiger partial charge in [0.2, 0.25) is 0 Å². The fourth-order valence-corrected chi connectivity index (χ4v) is 2.25. The third kappa shape index (κ3) is 5.17. The number of hydrogen-bond donors (Lipinski definition) is 2. The summed E-state index contributed by atoms with van der Waals surface area (Å²) in [5.41, 5.74) is 3.66. The molecule has 0 bridgehead atoms. The highest BCUT2D eigenvalue weighted by Crippen LogP contribution is 2.27. The average Bonchev–Trinajstić information content (AvgIpc) is 2.62. The lowest BCUT2D eigenvalue weighted by Crippen LogP contribution is -2.37. The van der Waals surface area contributed by atoms with Crippen LogP contribution in [0.4, 0.5) is 0 Å². The zero-order valence-corrected chi connectivity index (χ0v) is 15.1. The van der Waals surface area contributed by atoms with Gasteiger partial charge in [-0.15, -0.1) is 0 Å². The second-order valence-electron chi connectivity index (χ2n) is 4.74. The molecule has 8 heteroatoms. The number of halogens is 1. The summed E-state index contributed by atoms with van der Waals surface area (Å²) >= 11 is 10.9. The molecule has 0 saturated carbocycles. The molecule has 0 aromatic heterocycles. The Balaban J connectivity index is 2.01. The predicted octanol–water partition coefficient (Wildman–Crippen LogP) is 3.00. The molecule has 0 saturated heterocycles. The molecule has 0 aliphatic rings. The van der Waals surface area contributed by atoms with E-state index in [-0.39, 0.29) is 10.7 Å². The summed E-state index contributed by atoms with van der Waals surface area (Å²) in [7, 11) is 2.94. The number of carbonyl (C=O) groups is 1. The minimum absolute atomic E-state index is 0.0446. The van der Waals surface area contributed by atoms with Crippen molar-refractivity contribution in [2.24, 2.45) is 5.10 Å². The number of nitrogens with zero attached hydrogens (tertiary/aromatic N) is 1. The van der Waals surface area contributed by atoms with Crippen LogP contribution in [0.15, 0.2) is 47.6 Å². The maximum Gasteiger partial charge on any atom is 0.265 e. The first-order valence-corrected chi connectivity index (χ1v) is 7.94. The van der Waals surface area contributed by atoms with Crippen LogP contribution >= 0.6 is 23.8 Å². The maximum absolute atomic E-state index is 12.4. The molecule has 0 aliphatic carbocycles. The maximum atomic E-state index is 12.4. The minimum atomic E-state index is -0.464. The Morgan fingerprint density at radius 1 is 1.12 bits per heavy atom. The van der Waals surface area contributed by atoms with E-state index in [1.54, 1.807) is 48.7 Å². The molecular weight excluding hydrogens is 362 g/mol. The van der Waals surface area contributed by atoms with Crippen LogP contribution in [0.1, 0.15) is 15.9 Å². The van der Waals surface area contributed by atoms with Gasteiger partial charge in [0.1, 0.15) is 17.1 Å². The predicted molar refractivity (Wildman–Crippen MR) is 102 cm³/mol. The van der Waals surface area contributed by atoms with Crippen molar-refractivity contribution in [2.75, 3.05) is 14.2 Å². The van der Waals surface area contributed by atoms with Gasteiger partial charge in [0.05, 0.1) is 20.4 Å². The summed E-state index contributed by atoms with van der Waals surface area (Å²) in [6, 6.07) is 12.1. The van der Waals surface area contributed by atoms with Crippen molar-refractivity contribution < 1.29 is 14.3 Å². The Kier molecular flexibility index (Phi) is 6.73. The zero-order chi connectivity index (χ0) is 18.2. The monoisotopic (exact) mass is 377 g/mol. The topological polar surface area (TPSA) is 72.0 Å². The standard InChI is InChI=1S/C17H16ClN3O3S/c1-23-13-4-3-5-14(24-2)15(13)16(22)20-17(25)21-19-10-11-6-8-12(18)9-7-11/h3-10H,1-2H3,(H2,20,21,22,25). The number of hydrogen-bond acceptors (Lipinski definition) is 5. The Morgan fingerprint density at radius 2 is 1.72 bits per heavy atom. The largest absolute Gasteiger partial charge is 0.496 e. The van der Waals surface area contributed by atoms with Crippen LogP contribution in [0.3, 0.4) is 0 Å². The fraction of sp³-hybridized carbons (Fsp3) is 0.118. The smallest absolute Gasteiger partial charge is 0.265 e. The van der Waals surface area contributed by atoms with E-state index in [4.69, 9.17) is 33.3 Å². The first-order chi connectivity index (χ1) is 12.0. The number of nitrogens with one attached hydrogen (secondary N) is 2. The van der Waals surface area contributed by atoms with E-state index < -0.39 is 5.91 Å². The molecule has 2 aromatic carbocycles. The van der Waals surface area contributed by atoms with Crippen LogP contribution in [0.5, 0.6) is 11.5 Å². The third-order valence-electron chi connectivity index (χ3n) is 3.13. The van der Waals surface area contributed by atoms with Gasteiger partial charge in [-0.1, -0.05) is 29.8 Å². The lowest BCUT2D eigenvalue weighted by atomic mass is 10.1. The quantitative estimate of drug-likeness (QED) is 0.476. The molecule has 0 radical (unpaired) electrons. The van der Waals surface area contributed by atoms with E-state index in [0.717, 1.165) is 5.56 Å². The van der Waals surface area contributed by atoms with Gasteiger partial charge in [0.15, 0.2) is 5.11 Å². The molecule has 1 amide bonds. The van der Waals surface area contributed by atoms with Crippen molar-refractivity contribution in [3.63, 3.8) is 0 Å². The van der Waals surface area contributed by atoms with Crippen molar-refractivity contribution in [1.29, 1.82) is 0 Å². The molecule has 0 atom stereocenters. The van der Waals surface area contributed by atoms with E-state index in [2.05, 4.69) is 15.8 Å². The molecule has 130 valence electrons. The first kappa shape index (κ1) is 18.7. The van der Waals surface area contributed by atoms with Gasteiger partial charge in [0, 0.05) is 5.02 Å². The van der Waals surface area contributed by atoms with Crippen molar-refractivity contribution in [3.8, 4) is 11.5 Å². The summed E-state index contributed by atoms with van der Waals surface area (Å²) in [6.07, 6.45) is 1.55. The van der Waals surface area contributed by atoms with Crippen molar-refractivity contribution >= 4 is 41.1 Å². The van der Waals surface area contributed by atoms with E-state index in [0.29, 0.717) is 16.5 Å². The second-order valence-corrected chi connectivity index (χ2v) is 5.59. The number of thiocarbonyl (C=S) groups is 1. The number of carbonyl (C=O) groups excluding carboxylic acids is 1. The summed E-state index contributed by atoms with van der Waals surface area (Å²) in [5.74, 6) is 0.294. The van der Waals surface area contributed by atoms with E-state index in [9.17, 15) is 4.79 Å². The second kappa shape index (κ2) is 9.00. The Bertz CT molecular complexity index is 772. The van der Waals surface area contributed by atoms with Crippen molar-refractivity contribution in [2.45, 2.75) is 0 Å². The van der Waals surface area contributed by atoms with Gasteiger partial charge < -0.3 is 9.47 Å². The van der Waals surface area contributed by atoms with Gasteiger partial charge >= 0.3 is 0 Å². The van der Waals surface area contributed by atoms with Crippen molar-refractivity contribution in [1.82, 2.24) is 10.7 Å². The molecule has 0 heterocycles. The lowest BCUT2D eigenvalue weighted by molar-refractivity contribution is 0.0970. The number of amides is 1. The summed E-state index contributed by atoms with van der Waals surface area (Å²) < 4.78 is 10.4. The Morgan fingerprint density at radius 3 is 2.28 bits per heavy atom. The Labute approximate surface area is 155 Å². The number of benzene rings is 2. The van der Waals surface area contributed by atoms with Crippen LogP contribution in [0, 0.1) is 0 Å². The lowest BCUT2D eigenvalue weighted by Gasteiger charge is -2.13. The van der Waals surface area contributed by atoms with Crippen LogP contribution in [-0.2, 0) is 0 Å². The molecule has 25 heavy (non-hydrogen) atoms. The number of hydrazone groups is 1. The minimum Gasteiger partial charge on any atom is -0.496 e. The van der Waals surface area contributed by atoms with Crippen molar-refractivity contribution in [3.05, 3.63) is 58.6 Å². The molecule has 0 fully saturated rings. The van der Waals surface area contributed by atoms with E-state index in [1.165, 1.54) is 14.2 Å². The highest BCUT2D eigenvalue weighted by Gasteiger charge is 2.18. The number of rotatable bonds is 5. The molecule has 2 rings (SSSR count). The van der Waals surface area contributed by atoms with Crippen LogP contribution in [0.2, 0.25) is 5.02 Å². The summed E-state index contributed by atoms with van der Waals surface area (Å²) in [6.45, 7) is 0. The van der Waals surface area contributed by atoms with Gasteiger partial charge in [-0.3, -0.25) is 15.5 Å². The summed E-state index contributed by atoms with van der Waals surface area (Å²) in [4.78, 5) is 12.4. The highest BCUT2D eigenvalue weighted by atomic mass is 35.5. The van der Waals surface area contributed by atoms with Gasteiger partial charge in [-0.25, -0.2) is 0 Å². The fourth-order valence-electron chi connectivity index (χ4n) is 1.98. The van der Waals surface area contributed by atoms with Crippen LogP contribution in [-0.4, -0.2) is 31.5 Å². The molecule has 0 unspecified atom stereocenters. The molecule has 2 aromatic rings. The Hall–Kier alpha value is -2.64. The van der Waals surface area contributed by atoms with Gasteiger partial charge in [-0.2, -0.15) is 5.10 Å².